The lowest BCUT2D eigenvalue weighted by Gasteiger charge is -2.26. The molecule has 1 aromatic rings. The van der Waals surface area contributed by atoms with Crippen LogP contribution in [-0.4, -0.2) is 30.5 Å². The fourth-order valence-electron chi connectivity index (χ4n) is 1.72. The Kier molecular flexibility index (Phi) is 5.62. The van der Waals surface area contributed by atoms with Crippen LogP contribution in [0.1, 0.15) is 19.4 Å². The van der Waals surface area contributed by atoms with Crippen LogP contribution in [0.4, 0.5) is 18.9 Å². The summed E-state index contributed by atoms with van der Waals surface area (Å²) in [6.45, 7) is 4.25. The Bertz CT molecular complexity index is 394. The molecule has 0 unspecified atom stereocenters. The van der Waals surface area contributed by atoms with Gasteiger partial charge in [-0.25, -0.2) is 0 Å². The molecule has 3 nitrogen and oxygen atoms in total. The number of benzene rings is 1. The summed E-state index contributed by atoms with van der Waals surface area (Å²) in [6, 6.07) is 7.44. The summed E-state index contributed by atoms with van der Waals surface area (Å²) in [6.07, 6.45) is -4.57. The largest absolute Gasteiger partial charge is 0.522 e. The van der Waals surface area contributed by atoms with E-state index in [0.29, 0.717) is 12.2 Å². The third-order valence-electron chi connectivity index (χ3n) is 2.71. The summed E-state index contributed by atoms with van der Waals surface area (Å²) in [4.78, 5) is 1.90. The molecule has 0 aliphatic carbocycles. The number of hydrogen-bond donors (Lipinski definition) is 1. The molecule has 0 heterocycles. The standard InChI is InChI=1S/C13H19F3N2O/c1-10(2)18(6-7-19-13(14,15)16)9-11-4-3-5-12(17)8-11/h3-5,8,10H,6-7,9,17H2,1-2H3. The summed E-state index contributed by atoms with van der Waals surface area (Å²) in [5.41, 5.74) is 7.29. The molecule has 0 bridgehead atoms. The zero-order chi connectivity index (χ0) is 14.5. The maximum atomic E-state index is 11.9. The molecule has 0 amide bonds. The van der Waals surface area contributed by atoms with E-state index in [-0.39, 0.29) is 19.2 Å². The van der Waals surface area contributed by atoms with Gasteiger partial charge < -0.3 is 5.73 Å². The van der Waals surface area contributed by atoms with Crippen molar-refractivity contribution in [2.24, 2.45) is 0 Å². The van der Waals surface area contributed by atoms with Gasteiger partial charge in [-0.2, -0.15) is 0 Å². The van der Waals surface area contributed by atoms with Crippen LogP contribution >= 0.6 is 0 Å². The van der Waals surface area contributed by atoms with E-state index in [2.05, 4.69) is 4.74 Å². The van der Waals surface area contributed by atoms with E-state index in [1.165, 1.54) is 0 Å². The first-order valence-corrected chi connectivity index (χ1v) is 6.07. The quantitative estimate of drug-likeness (QED) is 0.812. The van der Waals surface area contributed by atoms with Gasteiger partial charge in [-0.1, -0.05) is 12.1 Å². The minimum absolute atomic E-state index is 0.123. The van der Waals surface area contributed by atoms with Crippen molar-refractivity contribution < 1.29 is 17.9 Å². The van der Waals surface area contributed by atoms with Gasteiger partial charge in [0.25, 0.3) is 0 Å². The van der Waals surface area contributed by atoms with Gasteiger partial charge in [0.2, 0.25) is 0 Å². The smallest absolute Gasteiger partial charge is 0.399 e. The topological polar surface area (TPSA) is 38.5 Å². The van der Waals surface area contributed by atoms with Crippen LogP contribution < -0.4 is 5.73 Å². The highest BCUT2D eigenvalue weighted by atomic mass is 19.4. The number of nitrogen functional groups attached to an aromatic ring is 1. The summed E-state index contributed by atoms with van der Waals surface area (Å²) in [5.74, 6) is 0. The molecule has 1 aromatic carbocycles. The normalized spacial score (nSPS) is 12.4. The molecule has 0 spiro atoms. The van der Waals surface area contributed by atoms with Crippen LogP contribution in [0.2, 0.25) is 0 Å². The van der Waals surface area contributed by atoms with E-state index >= 15 is 0 Å². The molecule has 0 aliphatic rings. The van der Waals surface area contributed by atoms with Crippen LogP contribution in [0.3, 0.4) is 0 Å². The number of nitrogens with zero attached hydrogens (tertiary/aromatic N) is 1. The van der Waals surface area contributed by atoms with Gasteiger partial charge in [0.1, 0.15) is 0 Å². The molecule has 0 saturated heterocycles. The van der Waals surface area contributed by atoms with Crippen molar-refractivity contribution in [3.63, 3.8) is 0 Å². The van der Waals surface area contributed by atoms with Crippen LogP contribution in [0, 0.1) is 0 Å². The zero-order valence-electron chi connectivity index (χ0n) is 11.1. The average molecular weight is 276 g/mol. The third-order valence-corrected chi connectivity index (χ3v) is 2.71. The Morgan fingerprint density at radius 2 is 2.00 bits per heavy atom. The number of halogens is 3. The fourth-order valence-corrected chi connectivity index (χ4v) is 1.72. The lowest BCUT2D eigenvalue weighted by atomic mass is 10.1. The predicted octanol–water partition coefficient (Wildman–Crippen LogP) is 3.02. The Balaban J connectivity index is 2.54. The Morgan fingerprint density at radius 1 is 1.32 bits per heavy atom. The molecule has 0 fully saturated rings. The first kappa shape index (κ1) is 15.8. The zero-order valence-corrected chi connectivity index (χ0v) is 11.1. The first-order valence-electron chi connectivity index (χ1n) is 6.07. The van der Waals surface area contributed by atoms with Crippen LogP contribution in [0.5, 0.6) is 0 Å². The predicted molar refractivity (Wildman–Crippen MR) is 68.4 cm³/mol. The van der Waals surface area contributed by atoms with E-state index in [1.54, 1.807) is 6.07 Å². The van der Waals surface area contributed by atoms with Gasteiger partial charge in [-0.3, -0.25) is 9.64 Å². The minimum atomic E-state index is -4.57. The molecule has 0 atom stereocenters. The molecule has 108 valence electrons. The Morgan fingerprint density at radius 3 is 2.53 bits per heavy atom. The molecule has 0 aromatic heterocycles. The van der Waals surface area contributed by atoms with Crippen LogP contribution in [0.25, 0.3) is 0 Å². The van der Waals surface area contributed by atoms with Crippen LogP contribution in [0.15, 0.2) is 24.3 Å². The lowest BCUT2D eigenvalue weighted by Crippen LogP contribution is -2.34. The first-order chi connectivity index (χ1) is 8.78. The van der Waals surface area contributed by atoms with E-state index in [0.717, 1.165) is 5.56 Å². The highest BCUT2D eigenvalue weighted by molar-refractivity contribution is 5.40. The lowest BCUT2D eigenvalue weighted by molar-refractivity contribution is -0.325. The highest BCUT2D eigenvalue weighted by Crippen LogP contribution is 2.17. The number of anilines is 1. The molecule has 2 N–H and O–H groups in total. The summed E-state index contributed by atoms with van der Waals surface area (Å²) >= 11 is 0. The third kappa shape index (κ3) is 6.45. The molecule has 1 rings (SSSR count). The van der Waals surface area contributed by atoms with Gasteiger partial charge >= 0.3 is 6.36 Å². The fraction of sp³-hybridized carbons (Fsp3) is 0.538. The molecule has 0 radical (unpaired) electrons. The van der Waals surface area contributed by atoms with Crippen molar-refractivity contribution in [3.05, 3.63) is 29.8 Å². The maximum Gasteiger partial charge on any atom is 0.522 e. The summed E-state index contributed by atoms with van der Waals surface area (Å²) in [5, 5.41) is 0. The van der Waals surface area contributed by atoms with Crippen LogP contribution in [-0.2, 0) is 11.3 Å². The molecule has 0 aliphatic heterocycles. The maximum absolute atomic E-state index is 11.9. The minimum Gasteiger partial charge on any atom is -0.399 e. The molecule has 19 heavy (non-hydrogen) atoms. The van der Waals surface area contributed by atoms with E-state index < -0.39 is 6.36 Å². The number of alkyl halides is 3. The second kappa shape index (κ2) is 6.77. The van der Waals surface area contributed by atoms with Gasteiger partial charge in [-0.15, -0.1) is 13.2 Å². The van der Waals surface area contributed by atoms with E-state index in [9.17, 15) is 13.2 Å². The Labute approximate surface area is 111 Å². The Hall–Kier alpha value is -1.27. The highest BCUT2D eigenvalue weighted by Gasteiger charge is 2.29. The second-order valence-corrected chi connectivity index (χ2v) is 4.60. The van der Waals surface area contributed by atoms with Crippen molar-refractivity contribution in [3.8, 4) is 0 Å². The van der Waals surface area contributed by atoms with Gasteiger partial charge in [-0.05, 0) is 31.5 Å². The summed E-state index contributed by atoms with van der Waals surface area (Å²) in [7, 11) is 0. The number of hydrogen-bond acceptors (Lipinski definition) is 3. The molecular weight excluding hydrogens is 257 g/mol. The van der Waals surface area contributed by atoms with Gasteiger partial charge in [0, 0.05) is 24.8 Å². The van der Waals surface area contributed by atoms with E-state index in [4.69, 9.17) is 5.73 Å². The SMILES string of the molecule is CC(C)N(CCOC(F)(F)F)Cc1cccc(N)c1. The average Bonchev–Trinajstić information content (AvgIpc) is 2.26. The van der Waals surface area contributed by atoms with Gasteiger partial charge in [0.15, 0.2) is 0 Å². The number of nitrogens with two attached hydrogens (primary N) is 1. The summed E-state index contributed by atoms with van der Waals surface area (Å²) < 4.78 is 39.6. The van der Waals surface area contributed by atoms with Crippen molar-refractivity contribution in [1.82, 2.24) is 4.90 Å². The van der Waals surface area contributed by atoms with Crippen molar-refractivity contribution >= 4 is 5.69 Å². The van der Waals surface area contributed by atoms with Gasteiger partial charge in [0.05, 0.1) is 6.61 Å². The second-order valence-electron chi connectivity index (χ2n) is 4.60. The molecule has 0 saturated carbocycles. The molecule has 6 heteroatoms. The molecular formula is C13H19F3N2O. The monoisotopic (exact) mass is 276 g/mol. The number of ether oxygens (including phenoxy) is 1. The van der Waals surface area contributed by atoms with Crippen molar-refractivity contribution in [2.45, 2.75) is 32.8 Å². The van der Waals surface area contributed by atoms with E-state index in [1.807, 2.05) is 36.9 Å². The van der Waals surface area contributed by atoms with Crippen molar-refractivity contribution in [1.29, 1.82) is 0 Å². The number of rotatable bonds is 6. The van der Waals surface area contributed by atoms with Crippen molar-refractivity contribution in [2.75, 3.05) is 18.9 Å².